The number of amides is 1. The van der Waals surface area contributed by atoms with Crippen molar-refractivity contribution in [2.24, 2.45) is 5.41 Å². The summed E-state index contributed by atoms with van der Waals surface area (Å²) in [5.41, 5.74) is -0.985. The number of benzene rings is 1. The minimum atomic E-state index is -4.50. The molecule has 1 spiro atoms. The molecule has 2 aliphatic heterocycles. The number of likely N-dealkylation sites (tertiary alicyclic amines) is 1. The van der Waals surface area contributed by atoms with Gasteiger partial charge in [-0.3, -0.25) is 4.79 Å². The fourth-order valence-corrected chi connectivity index (χ4v) is 3.56. The first-order valence-electron chi connectivity index (χ1n) is 7.58. The Bertz CT molecular complexity index is 571. The van der Waals surface area contributed by atoms with Gasteiger partial charge >= 0.3 is 6.18 Å². The Morgan fingerprint density at radius 3 is 2.43 bits per heavy atom. The molecule has 3 rings (SSSR count). The summed E-state index contributed by atoms with van der Waals surface area (Å²) in [5.74, 6) is -0.497. The van der Waals surface area contributed by atoms with E-state index in [1.807, 2.05) is 0 Å². The highest BCUT2D eigenvalue weighted by Crippen LogP contribution is 2.40. The van der Waals surface area contributed by atoms with Crippen LogP contribution in [-0.4, -0.2) is 37.0 Å². The van der Waals surface area contributed by atoms with E-state index in [0.29, 0.717) is 13.1 Å². The molecule has 1 aromatic carbocycles. The van der Waals surface area contributed by atoms with Crippen LogP contribution in [-0.2, 0) is 6.18 Å². The van der Waals surface area contributed by atoms with Gasteiger partial charge in [0.05, 0.1) is 11.1 Å². The molecule has 1 amide bonds. The average Bonchev–Trinajstić information content (AvgIpc) is 2.90. The SMILES string of the molecule is Cl.O=C(c1ccccc1C(F)(F)F)N1CCC2(CCNCC2)C1. The minimum absolute atomic E-state index is 0. The van der Waals surface area contributed by atoms with Crippen LogP contribution in [0.5, 0.6) is 0 Å². The Morgan fingerprint density at radius 1 is 1.13 bits per heavy atom. The molecular formula is C16H20ClF3N2O. The first-order chi connectivity index (χ1) is 10.4. The van der Waals surface area contributed by atoms with Crippen LogP contribution in [0.3, 0.4) is 0 Å². The lowest BCUT2D eigenvalue weighted by Crippen LogP contribution is -2.40. The molecule has 2 fully saturated rings. The van der Waals surface area contributed by atoms with Crippen LogP contribution in [0.1, 0.15) is 35.2 Å². The second-order valence-electron chi connectivity index (χ2n) is 6.27. The maximum atomic E-state index is 13.1. The molecular weight excluding hydrogens is 329 g/mol. The molecule has 3 nitrogen and oxygen atoms in total. The number of nitrogens with one attached hydrogen (secondary N) is 1. The predicted octanol–water partition coefficient (Wildman–Crippen LogP) is 3.34. The molecule has 2 aliphatic rings. The largest absolute Gasteiger partial charge is 0.417 e. The lowest BCUT2D eigenvalue weighted by Gasteiger charge is -2.33. The summed E-state index contributed by atoms with van der Waals surface area (Å²) in [7, 11) is 0. The lowest BCUT2D eigenvalue weighted by molar-refractivity contribution is -0.138. The van der Waals surface area contributed by atoms with Crippen LogP contribution in [0.25, 0.3) is 0 Å². The van der Waals surface area contributed by atoms with E-state index in [1.165, 1.54) is 18.2 Å². The van der Waals surface area contributed by atoms with Gasteiger partial charge in [-0.25, -0.2) is 0 Å². The molecule has 2 saturated heterocycles. The first kappa shape index (κ1) is 18.1. The number of hydrogen-bond acceptors (Lipinski definition) is 2. The molecule has 1 aromatic rings. The summed E-state index contributed by atoms with van der Waals surface area (Å²) in [6.07, 6.45) is -1.65. The number of alkyl halides is 3. The van der Waals surface area contributed by atoms with E-state index >= 15 is 0 Å². The smallest absolute Gasteiger partial charge is 0.338 e. The van der Waals surface area contributed by atoms with Gasteiger partial charge < -0.3 is 10.2 Å². The van der Waals surface area contributed by atoms with E-state index in [9.17, 15) is 18.0 Å². The quantitative estimate of drug-likeness (QED) is 0.844. The van der Waals surface area contributed by atoms with Crippen LogP contribution in [0.4, 0.5) is 13.2 Å². The summed E-state index contributed by atoms with van der Waals surface area (Å²) < 4.78 is 39.2. The molecule has 23 heavy (non-hydrogen) atoms. The van der Waals surface area contributed by atoms with E-state index in [1.54, 1.807) is 4.90 Å². The van der Waals surface area contributed by atoms with Crippen molar-refractivity contribution < 1.29 is 18.0 Å². The van der Waals surface area contributed by atoms with Gasteiger partial charge in [0, 0.05) is 13.1 Å². The lowest BCUT2D eigenvalue weighted by atomic mass is 9.78. The van der Waals surface area contributed by atoms with Gasteiger partial charge in [-0.2, -0.15) is 13.2 Å². The number of nitrogens with zero attached hydrogens (tertiary/aromatic N) is 1. The van der Waals surface area contributed by atoms with Crippen LogP contribution >= 0.6 is 12.4 Å². The highest BCUT2D eigenvalue weighted by Gasteiger charge is 2.42. The third-order valence-corrected chi connectivity index (χ3v) is 4.85. The summed E-state index contributed by atoms with van der Waals surface area (Å²) >= 11 is 0. The van der Waals surface area contributed by atoms with Crippen molar-refractivity contribution in [1.29, 1.82) is 0 Å². The van der Waals surface area contributed by atoms with Gasteiger partial charge in [-0.15, -0.1) is 12.4 Å². The Morgan fingerprint density at radius 2 is 1.78 bits per heavy atom. The zero-order valence-electron chi connectivity index (χ0n) is 12.7. The number of piperidine rings is 1. The number of halogens is 4. The average molecular weight is 349 g/mol. The number of carbonyl (C=O) groups excluding carboxylic acids is 1. The number of rotatable bonds is 1. The van der Waals surface area contributed by atoms with Crippen LogP contribution in [0.2, 0.25) is 0 Å². The number of hydrogen-bond donors (Lipinski definition) is 1. The molecule has 1 N–H and O–H groups in total. The zero-order valence-corrected chi connectivity index (χ0v) is 13.5. The standard InChI is InChI=1S/C16H19F3N2O.ClH/c17-16(18,19)13-4-2-1-3-12(13)14(22)21-10-7-15(11-21)5-8-20-9-6-15;/h1-4,20H,5-11H2;1H. The topological polar surface area (TPSA) is 32.3 Å². The van der Waals surface area contributed by atoms with Gasteiger partial charge in [0.2, 0.25) is 0 Å². The molecule has 0 radical (unpaired) electrons. The molecule has 0 bridgehead atoms. The molecule has 0 aliphatic carbocycles. The van der Waals surface area contributed by atoms with Crippen molar-refractivity contribution in [3.63, 3.8) is 0 Å². The summed E-state index contributed by atoms with van der Waals surface area (Å²) in [6.45, 7) is 2.95. The Labute approximate surface area is 139 Å². The van der Waals surface area contributed by atoms with Gasteiger partial charge in [0.25, 0.3) is 5.91 Å². The third kappa shape index (κ3) is 3.63. The monoisotopic (exact) mass is 348 g/mol. The van der Waals surface area contributed by atoms with Crippen molar-refractivity contribution in [3.8, 4) is 0 Å². The predicted molar refractivity (Wildman–Crippen MR) is 83.7 cm³/mol. The van der Waals surface area contributed by atoms with Crippen molar-refractivity contribution in [2.45, 2.75) is 25.4 Å². The van der Waals surface area contributed by atoms with Crippen LogP contribution in [0, 0.1) is 5.41 Å². The highest BCUT2D eigenvalue weighted by molar-refractivity contribution is 5.96. The second kappa shape index (κ2) is 6.69. The van der Waals surface area contributed by atoms with E-state index in [0.717, 1.165) is 38.4 Å². The maximum Gasteiger partial charge on any atom is 0.417 e. The van der Waals surface area contributed by atoms with Gasteiger partial charge in [0.15, 0.2) is 0 Å². The molecule has 0 aromatic heterocycles. The van der Waals surface area contributed by atoms with Crippen LogP contribution < -0.4 is 5.32 Å². The fourth-order valence-electron chi connectivity index (χ4n) is 3.56. The molecule has 0 unspecified atom stereocenters. The molecule has 0 atom stereocenters. The maximum absolute atomic E-state index is 13.1. The van der Waals surface area contributed by atoms with E-state index < -0.39 is 17.6 Å². The Balaban J connectivity index is 0.00000192. The van der Waals surface area contributed by atoms with E-state index in [4.69, 9.17) is 0 Å². The summed E-state index contributed by atoms with van der Waals surface area (Å²) in [4.78, 5) is 14.1. The van der Waals surface area contributed by atoms with Crippen molar-refractivity contribution in [3.05, 3.63) is 35.4 Å². The highest BCUT2D eigenvalue weighted by atomic mass is 35.5. The van der Waals surface area contributed by atoms with Gasteiger partial charge in [-0.1, -0.05) is 12.1 Å². The zero-order chi connectivity index (χ0) is 15.8. The molecule has 0 saturated carbocycles. The fraction of sp³-hybridized carbons (Fsp3) is 0.562. The molecule has 128 valence electrons. The number of carbonyl (C=O) groups is 1. The molecule has 2 heterocycles. The Hall–Kier alpha value is -1.27. The summed E-state index contributed by atoms with van der Waals surface area (Å²) in [5, 5.41) is 3.29. The van der Waals surface area contributed by atoms with E-state index in [2.05, 4.69) is 5.32 Å². The normalized spacial score (nSPS) is 20.4. The van der Waals surface area contributed by atoms with Crippen molar-refractivity contribution in [2.75, 3.05) is 26.2 Å². The van der Waals surface area contributed by atoms with Crippen LogP contribution in [0.15, 0.2) is 24.3 Å². The summed E-state index contributed by atoms with van der Waals surface area (Å²) in [6, 6.07) is 5.05. The third-order valence-electron chi connectivity index (χ3n) is 4.85. The van der Waals surface area contributed by atoms with Crippen molar-refractivity contribution in [1.82, 2.24) is 10.2 Å². The first-order valence-corrected chi connectivity index (χ1v) is 7.58. The van der Waals surface area contributed by atoms with Gasteiger partial charge in [0.1, 0.15) is 0 Å². The van der Waals surface area contributed by atoms with Gasteiger partial charge in [-0.05, 0) is 49.9 Å². The van der Waals surface area contributed by atoms with Crippen molar-refractivity contribution >= 4 is 18.3 Å². The Kier molecular flexibility index (Phi) is 5.26. The minimum Gasteiger partial charge on any atom is -0.338 e. The second-order valence-corrected chi connectivity index (χ2v) is 6.27. The van der Waals surface area contributed by atoms with E-state index in [-0.39, 0.29) is 23.4 Å². The molecule has 7 heteroatoms.